The summed E-state index contributed by atoms with van der Waals surface area (Å²) in [5, 5.41) is 0. The van der Waals surface area contributed by atoms with Crippen molar-refractivity contribution in [1.29, 1.82) is 0 Å². The monoisotopic (exact) mass is 227 g/mol. The van der Waals surface area contributed by atoms with Crippen LogP contribution in [0.3, 0.4) is 0 Å². The molecule has 3 nitrogen and oxygen atoms in total. The van der Waals surface area contributed by atoms with Gasteiger partial charge in [0.2, 0.25) is 0 Å². The molecule has 0 bridgehead atoms. The number of ketones is 1. The Bertz CT molecular complexity index is 422. The summed E-state index contributed by atoms with van der Waals surface area (Å²) >= 11 is 0. The molecule has 5 heteroatoms. The standard InChI is InChI=1S/C11H11F2NO2/c12-6-1-2-9(13)8(3-6)11-10(14)4-7(15)5-16-11/h1-3,10-11H,4-5,14H2/t10-,11+/m0/s1. The first-order valence-corrected chi connectivity index (χ1v) is 4.92. The number of Topliss-reactive ketones (excluding diaryl/α,β-unsaturated/α-hetero) is 1. The van der Waals surface area contributed by atoms with Crippen LogP contribution in [0.15, 0.2) is 18.2 Å². The van der Waals surface area contributed by atoms with Crippen molar-refractivity contribution < 1.29 is 18.3 Å². The van der Waals surface area contributed by atoms with Crippen molar-refractivity contribution in [3.63, 3.8) is 0 Å². The first-order valence-electron chi connectivity index (χ1n) is 4.92. The van der Waals surface area contributed by atoms with Crippen molar-refractivity contribution in [2.45, 2.75) is 18.6 Å². The molecule has 1 fully saturated rings. The highest BCUT2D eigenvalue weighted by Crippen LogP contribution is 2.28. The fourth-order valence-electron chi connectivity index (χ4n) is 1.79. The second kappa shape index (κ2) is 4.27. The maximum absolute atomic E-state index is 13.4. The van der Waals surface area contributed by atoms with E-state index in [1.807, 2.05) is 0 Å². The van der Waals surface area contributed by atoms with Gasteiger partial charge in [-0.2, -0.15) is 0 Å². The third-order valence-electron chi connectivity index (χ3n) is 2.54. The smallest absolute Gasteiger partial charge is 0.160 e. The van der Waals surface area contributed by atoms with Crippen LogP contribution in [0, 0.1) is 11.6 Å². The minimum atomic E-state index is -0.756. The highest BCUT2D eigenvalue weighted by Gasteiger charge is 2.30. The van der Waals surface area contributed by atoms with E-state index < -0.39 is 23.8 Å². The SMILES string of the molecule is N[C@H]1CC(=O)CO[C@@H]1c1cc(F)ccc1F. The van der Waals surface area contributed by atoms with Crippen LogP contribution in [0.4, 0.5) is 8.78 Å². The van der Waals surface area contributed by atoms with Gasteiger partial charge in [-0.25, -0.2) is 8.78 Å². The molecule has 2 atom stereocenters. The number of ether oxygens (including phenoxy) is 1. The van der Waals surface area contributed by atoms with Crippen molar-refractivity contribution in [2.24, 2.45) is 5.73 Å². The molecule has 1 aromatic carbocycles. The van der Waals surface area contributed by atoms with Gasteiger partial charge in [0.1, 0.15) is 24.3 Å². The largest absolute Gasteiger partial charge is 0.364 e. The molecule has 1 aliphatic heterocycles. The quantitative estimate of drug-likeness (QED) is 0.787. The summed E-state index contributed by atoms with van der Waals surface area (Å²) in [5.74, 6) is -1.25. The van der Waals surface area contributed by atoms with Crippen LogP contribution < -0.4 is 5.73 Å². The van der Waals surface area contributed by atoms with Crippen LogP contribution in [0.25, 0.3) is 0 Å². The topological polar surface area (TPSA) is 52.3 Å². The van der Waals surface area contributed by atoms with Gasteiger partial charge in [-0.15, -0.1) is 0 Å². The van der Waals surface area contributed by atoms with E-state index in [4.69, 9.17) is 10.5 Å². The molecule has 1 saturated heterocycles. The van der Waals surface area contributed by atoms with Gasteiger partial charge in [-0.3, -0.25) is 4.79 Å². The molecular formula is C11H11F2NO2. The van der Waals surface area contributed by atoms with Gasteiger partial charge in [0, 0.05) is 18.0 Å². The Morgan fingerprint density at radius 2 is 2.12 bits per heavy atom. The van der Waals surface area contributed by atoms with Crippen LogP contribution in [0.1, 0.15) is 18.1 Å². The van der Waals surface area contributed by atoms with E-state index >= 15 is 0 Å². The minimum absolute atomic E-state index is 0.0694. The van der Waals surface area contributed by atoms with Gasteiger partial charge >= 0.3 is 0 Å². The summed E-state index contributed by atoms with van der Waals surface area (Å²) in [4.78, 5) is 11.0. The van der Waals surface area contributed by atoms with Crippen LogP contribution in [-0.2, 0) is 9.53 Å². The zero-order valence-corrected chi connectivity index (χ0v) is 8.45. The Hall–Kier alpha value is -1.33. The predicted molar refractivity (Wildman–Crippen MR) is 52.7 cm³/mol. The normalized spacial score (nSPS) is 25.8. The third kappa shape index (κ3) is 2.10. The van der Waals surface area contributed by atoms with Crippen LogP contribution in [-0.4, -0.2) is 18.4 Å². The van der Waals surface area contributed by atoms with E-state index in [9.17, 15) is 13.6 Å². The van der Waals surface area contributed by atoms with Crippen molar-refractivity contribution in [2.75, 3.05) is 6.61 Å². The average Bonchev–Trinajstić information content (AvgIpc) is 2.22. The Morgan fingerprint density at radius 3 is 2.81 bits per heavy atom. The molecular weight excluding hydrogens is 216 g/mol. The summed E-state index contributed by atoms with van der Waals surface area (Å²) in [5.41, 5.74) is 5.75. The maximum Gasteiger partial charge on any atom is 0.160 e. The molecule has 0 aliphatic carbocycles. The predicted octanol–water partition coefficient (Wildman–Crippen LogP) is 1.32. The Kier molecular flexibility index (Phi) is 2.98. The summed E-state index contributed by atoms with van der Waals surface area (Å²) in [6.07, 6.45) is -0.630. The minimum Gasteiger partial charge on any atom is -0.364 e. The van der Waals surface area contributed by atoms with Gasteiger partial charge in [0.05, 0.1) is 0 Å². The molecule has 1 aliphatic rings. The van der Waals surface area contributed by atoms with Gasteiger partial charge < -0.3 is 10.5 Å². The molecule has 86 valence electrons. The molecule has 0 unspecified atom stereocenters. The van der Waals surface area contributed by atoms with E-state index in [2.05, 4.69) is 0 Å². The summed E-state index contributed by atoms with van der Waals surface area (Å²) in [6, 6.07) is 2.48. The number of benzene rings is 1. The number of carbonyl (C=O) groups is 1. The number of hydrogen-bond acceptors (Lipinski definition) is 3. The van der Waals surface area contributed by atoms with Gasteiger partial charge in [0.25, 0.3) is 0 Å². The lowest BCUT2D eigenvalue weighted by atomic mass is 9.96. The van der Waals surface area contributed by atoms with Crippen LogP contribution >= 0.6 is 0 Å². The first-order chi connectivity index (χ1) is 7.58. The fraction of sp³-hybridized carbons (Fsp3) is 0.364. The van der Waals surface area contributed by atoms with Crippen molar-refractivity contribution in [1.82, 2.24) is 0 Å². The van der Waals surface area contributed by atoms with Gasteiger partial charge in [0.15, 0.2) is 5.78 Å². The molecule has 2 rings (SSSR count). The second-order valence-electron chi connectivity index (χ2n) is 3.80. The van der Waals surface area contributed by atoms with Crippen LogP contribution in [0.5, 0.6) is 0 Å². The van der Waals surface area contributed by atoms with Gasteiger partial charge in [-0.05, 0) is 18.2 Å². The first kappa shape index (κ1) is 11.2. The number of halogens is 2. The lowest BCUT2D eigenvalue weighted by molar-refractivity contribution is -0.133. The number of rotatable bonds is 1. The highest BCUT2D eigenvalue weighted by atomic mass is 19.1. The van der Waals surface area contributed by atoms with E-state index in [0.29, 0.717) is 0 Å². The van der Waals surface area contributed by atoms with E-state index in [1.165, 1.54) is 0 Å². The molecule has 2 N–H and O–H groups in total. The Balaban J connectivity index is 2.29. The molecule has 0 radical (unpaired) electrons. The number of nitrogens with two attached hydrogens (primary N) is 1. The molecule has 1 aromatic rings. The van der Waals surface area contributed by atoms with E-state index in [-0.39, 0.29) is 24.4 Å². The summed E-state index contributed by atoms with van der Waals surface area (Å²) in [7, 11) is 0. The molecule has 0 amide bonds. The fourth-order valence-corrected chi connectivity index (χ4v) is 1.79. The average molecular weight is 227 g/mol. The van der Waals surface area contributed by atoms with E-state index in [1.54, 1.807) is 0 Å². The van der Waals surface area contributed by atoms with Crippen molar-refractivity contribution >= 4 is 5.78 Å². The molecule has 0 spiro atoms. The maximum atomic E-state index is 13.4. The third-order valence-corrected chi connectivity index (χ3v) is 2.54. The highest BCUT2D eigenvalue weighted by molar-refractivity contribution is 5.81. The Labute approximate surface area is 91.2 Å². The van der Waals surface area contributed by atoms with Crippen LogP contribution in [0.2, 0.25) is 0 Å². The van der Waals surface area contributed by atoms with Gasteiger partial charge in [-0.1, -0.05) is 0 Å². The zero-order valence-electron chi connectivity index (χ0n) is 8.45. The Morgan fingerprint density at radius 1 is 1.38 bits per heavy atom. The molecule has 0 saturated carbocycles. The number of hydrogen-bond donors (Lipinski definition) is 1. The summed E-state index contributed by atoms with van der Waals surface area (Å²) < 4.78 is 31.6. The molecule has 1 heterocycles. The lowest BCUT2D eigenvalue weighted by Crippen LogP contribution is -2.39. The van der Waals surface area contributed by atoms with E-state index in [0.717, 1.165) is 18.2 Å². The lowest BCUT2D eigenvalue weighted by Gasteiger charge is -2.28. The van der Waals surface area contributed by atoms with Crippen molar-refractivity contribution in [3.8, 4) is 0 Å². The van der Waals surface area contributed by atoms with Crippen molar-refractivity contribution in [3.05, 3.63) is 35.4 Å². The number of carbonyl (C=O) groups excluding carboxylic acids is 1. The second-order valence-corrected chi connectivity index (χ2v) is 3.80. The zero-order chi connectivity index (χ0) is 11.7. The summed E-state index contributed by atoms with van der Waals surface area (Å²) in [6.45, 7) is -0.103. The molecule has 0 aromatic heterocycles. The molecule has 16 heavy (non-hydrogen) atoms.